The third-order valence-corrected chi connectivity index (χ3v) is 6.05. The molecule has 2 aromatic heterocycles. The summed E-state index contributed by atoms with van der Waals surface area (Å²) in [5.74, 6) is 0. The first kappa shape index (κ1) is 13.2. The Bertz CT molecular complexity index is 502. The molecule has 1 atom stereocenters. The minimum absolute atomic E-state index is 0.339. The summed E-state index contributed by atoms with van der Waals surface area (Å²) in [4.78, 5) is 6.12. The zero-order valence-electron chi connectivity index (χ0n) is 9.71. The Morgan fingerprint density at radius 1 is 1.35 bits per heavy atom. The predicted octanol–water partition coefficient (Wildman–Crippen LogP) is 5.20. The summed E-state index contributed by atoms with van der Waals surface area (Å²) in [6.07, 6.45) is 2.79. The molecular formula is C13H13Br2NS. The third kappa shape index (κ3) is 3.18. The van der Waals surface area contributed by atoms with E-state index >= 15 is 0 Å². The van der Waals surface area contributed by atoms with Crippen molar-refractivity contribution in [1.82, 2.24) is 4.98 Å². The summed E-state index contributed by atoms with van der Waals surface area (Å²) in [7, 11) is 0. The Kier molecular flexibility index (Phi) is 4.39. The fraction of sp³-hybridized carbons (Fsp3) is 0.308. The number of halogens is 2. The summed E-state index contributed by atoms with van der Waals surface area (Å²) in [5.41, 5.74) is 3.72. The van der Waals surface area contributed by atoms with E-state index in [2.05, 4.69) is 62.8 Å². The lowest BCUT2D eigenvalue weighted by Gasteiger charge is -2.08. The molecule has 0 aliphatic rings. The third-order valence-electron chi connectivity index (χ3n) is 2.68. The van der Waals surface area contributed by atoms with E-state index in [-0.39, 0.29) is 0 Å². The quantitative estimate of drug-likeness (QED) is 0.672. The maximum Gasteiger partial charge on any atom is 0.0730 e. The van der Waals surface area contributed by atoms with E-state index in [1.165, 1.54) is 19.8 Å². The van der Waals surface area contributed by atoms with Crippen LogP contribution < -0.4 is 0 Å². The number of nitrogens with zero attached hydrogens (tertiary/aromatic N) is 1. The Morgan fingerprint density at radius 3 is 2.71 bits per heavy atom. The van der Waals surface area contributed by atoms with Crippen LogP contribution in [0.1, 0.15) is 26.5 Å². The van der Waals surface area contributed by atoms with Crippen molar-refractivity contribution < 1.29 is 0 Å². The predicted molar refractivity (Wildman–Crippen MR) is 81.1 cm³/mol. The van der Waals surface area contributed by atoms with Gasteiger partial charge >= 0.3 is 0 Å². The van der Waals surface area contributed by atoms with E-state index < -0.39 is 0 Å². The number of rotatable bonds is 3. The van der Waals surface area contributed by atoms with Gasteiger partial charge in [-0.1, -0.05) is 22.0 Å². The second-order valence-electron chi connectivity index (χ2n) is 4.04. The van der Waals surface area contributed by atoms with Gasteiger partial charge in [0.1, 0.15) is 0 Å². The molecule has 2 heterocycles. The van der Waals surface area contributed by atoms with Gasteiger partial charge in [0, 0.05) is 23.2 Å². The van der Waals surface area contributed by atoms with Crippen LogP contribution in [0.4, 0.5) is 0 Å². The van der Waals surface area contributed by atoms with Crippen molar-refractivity contribution in [2.24, 2.45) is 0 Å². The summed E-state index contributed by atoms with van der Waals surface area (Å²) < 4.78 is 1.22. The topological polar surface area (TPSA) is 12.9 Å². The number of aryl methyl sites for hydroxylation is 2. The van der Waals surface area contributed by atoms with Gasteiger partial charge in [-0.3, -0.25) is 4.98 Å². The highest BCUT2D eigenvalue weighted by Crippen LogP contribution is 2.37. The first-order valence-electron chi connectivity index (χ1n) is 5.38. The smallest absolute Gasteiger partial charge is 0.0730 e. The van der Waals surface area contributed by atoms with Gasteiger partial charge in [0.15, 0.2) is 0 Å². The van der Waals surface area contributed by atoms with Crippen molar-refractivity contribution in [3.8, 4) is 0 Å². The van der Waals surface area contributed by atoms with Crippen molar-refractivity contribution >= 4 is 43.2 Å². The molecule has 2 rings (SSSR count). The maximum absolute atomic E-state index is 4.44. The minimum Gasteiger partial charge on any atom is -0.261 e. The molecule has 0 N–H and O–H groups in total. The number of hydrogen-bond acceptors (Lipinski definition) is 2. The summed E-state index contributed by atoms with van der Waals surface area (Å²) in [6.45, 7) is 4.23. The van der Waals surface area contributed by atoms with Gasteiger partial charge in [-0.05, 0) is 53.0 Å². The highest BCUT2D eigenvalue weighted by molar-refractivity contribution is 9.11. The van der Waals surface area contributed by atoms with Gasteiger partial charge in [0.05, 0.1) is 8.61 Å². The summed E-state index contributed by atoms with van der Waals surface area (Å²) >= 11 is 9.11. The highest BCUT2D eigenvalue weighted by atomic mass is 79.9. The zero-order chi connectivity index (χ0) is 12.4. The molecule has 2 aromatic rings. The monoisotopic (exact) mass is 373 g/mol. The van der Waals surface area contributed by atoms with E-state index in [1.807, 2.05) is 12.3 Å². The van der Waals surface area contributed by atoms with Crippen LogP contribution in [0.3, 0.4) is 0 Å². The largest absolute Gasteiger partial charge is 0.261 e. The van der Waals surface area contributed by atoms with E-state index in [1.54, 1.807) is 11.3 Å². The van der Waals surface area contributed by atoms with Gasteiger partial charge in [0.25, 0.3) is 0 Å². The molecule has 90 valence electrons. The standard InChI is InChI=1S/C13H13Br2NS/c1-8-4-3-5-16-11(8)7-10(14)12-6-9(2)13(15)17-12/h3-6,10H,7H2,1-2H3. The lowest BCUT2D eigenvalue weighted by atomic mass is 10.1. The molecule has 1 unspecified atom stereocenters. The molecule has 4 heteroatoms. The maximum atomic E-state index is 4.44. The van der Waals surface area contributed by atoms with Gasteiger partial charge in [-0.2, -0.15) is 0 Å². The van der Waals surface area contributed by atoms with E-state index in [4.69, 9.17) is 0 Å². The van der Waals surface area contributed by atoms with Gasteiger partial charge in [-0.25, -0.2) is 0 Å². The van der Waals surface area contributed by atoms with Crippen molar-refractivity contribution in [2.45, 2.75) is 25.1 Å². The lowest BCUT2D eigenvalue weighted by molar-refractivity contribution is 0.905. The first-order chi connectivity index (χ1) is 8.08. The summed E-state index contributed by atoms with van der Waals surface area (Å²) in [6, 6.07) is 6.32. The molecule has 0 saturated carbocycles. The Hall–Kier alpha value is -0.190. The highest BCUT2D eigenvalue weighted by Gasteiger charge is 2.14. The van der Waals surface area contributed by atoms with E-state index in [9.17, 15) is 0 Å². The molecule has 0 saturated heterocycles. The molecule has 0 amide bonds. The van der Waals surface area contributed by atoms with Crippen LogP contribution in [0.15, 0.2) is 28.2 Å². The Morgan fingerprint density at radius 2 is 2.12 bits per heavy atom. The van der Waals surface area contributed by atoms with E-state index in [0.717, 1.165) is 12.1 Å². The van der Waals surface area contributed by atoms with Crippen molar-refractivity contribution in [3.05, 3.63) is 49.9 Å². The van der Waals surface area contributed by atoms with E-state index in [0.29, 0.717) is 4.83 Å². The second-order valence-corrected chi connectivity index (χ2v) is 7.55. The van der Waals surface area contributed by atoms with Crippen LogP contribution >= 0.6 is 43.2 Å². The van der Waals surface area contributed by atoms with Gasteiger partial charge in [0.2, 0.25) is 0 Å². The average Bonchev–Trinajstić information content (AvgIpc) is 2.63. The van der Waals surface area contributed by atoms with Crippen molar-refractivity contribution in [3.63, 3.8) is 0 Å². The minimum atomic E-state index is 0.339. The number of thiophene rings is 1. The number of alkyl halides is 1. The van der Waals surface area contributed by atoms with Crippen LogP contribution in [-0.4, -0.2) is 4.98 Å². The molecule has 0 aliphatic heterocycles. The van der Waals surface area contributed by atoms with Crippen LogP contribution in [0.25, 0.3) is 0 Å². The molecule has 0 aliphatic carbocycles. The Balaban J connectivity index is 2.17. The van der Waals surface area contributed by atoms with Crippen LogP contribution in [-0.2, 0) is 6.42 Å². The SMILES string of the molecule is Cc1cccnc1CC(Br)c1cc(C)c(Br)s1. The molecule has 0 spiro atoms. The molecule has 0 radical (unpaired) electrons. The molecule has 1 nitrogen and oxygen atoms in total. The number of aromatic nitrogens is 1. The van der Waals surface area contributed by atoms with Gasteiger partial charge < -0.3 is 0 Å². The van der Waals surface area contributed by atoms with Gasteiger partial charge in [-0.15, -0.1) is 11.3 Å². The van der Waals surface area contributed by atoms with Crippen LogP contribution in [0.5, 0.6) is 0 Å². The van der Waals surface area contributed by atoms with Crippen LogP contribution in [0, 0.1) is 13.8 Å². The molecule has 0 bridgehead atoms. The van der Waals surface area contributed by atoms with Crippen molar-refractivity contribution in [2.75, 3.05) is 0 Å². The first-order valence-corrected chi connectivity index (χ1v) is 7.91. The average molecular weight is 375 g/mol. The molecular weight excluding hydrogens is 362 g/mol. The normalized spacial score (nSPS) is 12.7. The fourth-order valence-corrected chi connectivity index (χ4v) is 3.91. The van der Waals surface area contributed by atoms with Crippen molar-refractivity contribution in [1.29, 1.82) is 0 Å². The second kappa shape index (κ2) is 5.63. The molecule has 0 fully saturated rings. The fourth-order valence-electron chi connectivity index (χ4n) is 1.64. The summed E-state index contributed by atoms with van der Waals surface area (Å²) in [5, 5.41) is 0. The Labute approximate surface area is 123 Å². The number of hydrogen-bond donors (Lipinski definition) is 0. The lowest BCUT2D eigenvalue weighted by Crippen LogP contribution is -1.98. The molecule has 17 heavy (non-hydrogen) atoms. The zero-order valence-corrected chi connectivity index (χ0v) is 13.7. The van der Waals surface area contributed by atoms with Crippen LogP contribution in [0.2, 0.25) is 0 Å². The molecule has 0 aromatic carbocycles. The number of pyridine rings is 1.